The Morgan fingerprint density at radius 1 is 1.43 bits per heavy atom. The lowest BCUT2D eigenvalue weighted by atomic mass is 9.77. The molecule has 0 aromatic heterocycles. The molecule has 23 heavy (non-hydrogen) atoms. The number of halogens is 4. The Kier molecular flexibility index (Phi) is 5.48. The molecular formula is C15H20BrF3N2O2. The number of nitrogens with two attached hydrogens (primary N) is 1. The molecule has 0 bridgehead atoms. The normalized spacial score (nSPS) is 24.2. The summed E-state index contributed by atoms with van der Waals surface area (Å²) >= 11 is 3.17. The molecule has 4 nitrogen and oxygen atoms in total. The van der Waals surface area contributed by atoms with Crippen LogP contribution in [0.5, 0.6) is 5.75 Å². The smallest absolute Gasteiger partial charge is 0.418 e. The van der Waals surface area contributed by atoms with E-state index in [1.807, 2.05) is 0 Å². The van der Waals surface area contributed by atoms with Crippen LogP contribution in [-0.2, 0) is 12.7 Å². The van der Waals surface area contributed by atoms with Crippen LogP contribution in [0.4, 0.5) is 18.9 Å². The molecule has 0 radical (unpaired) electrons. The number of benzene rings is 1. The number of hydrogen-bond acceptors (Lipinski definition) is 4. The lowest BCUT2D eigenvalue weighted by Crippen LogP contribution is -2.48. The molecule has 1 aliphatic carbocycles. The minimum atomic E-state index is -4.52. The zero-order valence-electron chi connectivity index (χ0n) is 12.7. The highest BCUT2D eigenvalue weighted by Gasteiger charge is 2.41. The molecule has 0 aliphatic heterocycles. The summed E-state index contributed by atoms with van der Waals surface area (Å²) in [7, 11) is 0. The van der Waals surface area contributed by atoms with Crippen LogP contribution in [0.25, 0.3) is 0 Å². The standard InChI is InChI=1S/C15H20BrF3N2O2/c1-14(22)6-10(7-14)21-13-9(8-20)4-11(23-3-2-16)5-12(13)15(17,18)19/h4-5,10,21-22H,2-3,6-8,20H2,1H3. The van der Waals surface area contributed by atoms with E-state index in [0.717, 1.165) is 6.07 Å². The van der Waals surface area contributed by atoms with Gasteiger partial charge in [-0.3, -0.25) is 0 Å². The molecule has 1 aliphatic rings. The Morgan fingerprint density at radius 3 is 2.57 bits per heavy atom. The Hall–Kier alpha value is -0.990. The second-order valence-corrected chi connectivity index (χ2v) is 6.78. The van der Waals surface area contributed by atoms with Crippen LogP contribution in [0.3, 0.4) is 0 Å². The van der Waals surface area contributed by atoms with E-state index in [0.29, 0.717) is 23.7 Å². The van der Waals surface area contributed by atoms with Crippen molar-refractivity contribution in [3.05, 3.63) is 23.3 Å². The average molecular weight is 397 g/mol. The van der Waals surface area contributed by atoms with Gasteiger partial charge in [-0.15, -0.1) is 0 Å². The van der Waals surface area contributed by atoms with E-state index in [-0.39, 0.29) is 30.6 Å². The SMILES string of the molecule is CC1(O)CC(Nc2c(CN)cc(OCCBr)cc2C(F)(F)F)C1. The highest BCUT2D eigenvalue weighted by Crippen LogP contribution is 2.42. The Labute approximate surface area is 141 Å². The largest absolute Gasteiger partial charge is 0.493 e. The number of aliphatic hydroxyl groups is 1. The number of nitrogens with one attached hydrogen (secondary N) is 1. The van der Waals surface area contributed by atoms with Crippen molar-refractivity contribution in [1.82, 2.24) is 0 Å². The molecule has 1 aromatic rings. The fraction of sp³-hybridized carbons (Fsp3) is 0.600. The number of hydrogen-bond donors (Lipinski definition) is 3. The summed E-state index contributed by atoms with van der Waals surface area (Å²) in [5, 5.41) is 13.2. The van der Waals surface area contributed by atoms with Crippen molar-refractivity contribution in [2.24, 2.45) is 5.73 Å². The maximum atomic E-state index is 13.4. The number of ether oxygens (including phenoxy) is 1. The molecule has 1 aromatic carbocycles. The summed E-state index contributed by atoms with van der Waals surface area (Å²) in [6.07, 6.45) is -3.72. The Morgan fingerprint density at radius 2 is 2.09 bits per heavy atom. The van der Waals surface area contributed by atoms with Gasteiger partial charge in [-0.05, 0) is 37.5 Å². The number of alkyl halides is 4. The lowest BCUT2D eigenvalue weighted by Gasteiger charge is -2.42. The third kappa shape index (κ3) is 4.51. The topological polar surface area (TPSA) is 67.5 Å². The number of rotatable bonds is 6. The van der Waals surface area contributed by atoms with Gasteiger partial charge in [0.2, 0.25) is 0 Å². The van der Waals surface area contributed by atoms with Gasteiger partial charge in [-0.25, -0.2) is 0 Å². The van der Waals surface area contributed by atoms with E-state index in [2.05, 4.69) is 21.2 Å². The van der Waals surface area contributed by atoms with Gasteiger partial charge in [0.05, 0.1) is 23.5 Å². The molecule has 0 spiro atoms. The van der Waals surface area contributed by atoms with Crippen LogP contribution in [-0.4, -0.2) is 28.7 Å². The third-order valence-corrected chi connectivity index (χ3v) is 4.11. The predicted molar refractivity (Wildman–Crippen MR) is 85.9 cm³/mol. The highest BCUT2D eigenvalue weighted by atomic mass is 79.9. The van der Waals surface area contributed by atoms with Crippen molar-refractivity contribution >= 4 is 21.6 Å². The van der Waals surface area contributed by atoms with E-state index in [1.54, 1.807) is 6.92 Å². The van der Waals surface area contributed by atoms with Crippen molar-refractivity contribution in [3.63, 3.8) is 0 Å². The van der Waals surface area contributed by atoms with Crippen LogP contribution in [0.1, 0.15) is 30.9 Å². The molecule has 130 valence electrons. The van der Waals surface area contributed by atoms with Crippen LogP contribution >= 0.6 is 15.9 Å². The average Bonchev–Trinajstić information content (AvgIpc) is 2.42. The zero-order chi connectivity index (χ0) is 17.3. The fourth-order valence-corrected chi connectivity index (χ4v) is 2.94. The van der Waals surface area contributed by atoms with Crippen LogP contribution < -0.4 is 15.8 Å². The van der Waals surface area contributed by atoms with Gasteiger partial charge < -0.3 is 20.9 Å². The summed E-state index contributed by atoms with van der Waals surface area (Å²) in [5.74, 6) is 0.142. The van der Waals surface area contributed by atoms with E-state index < -0.39 is 17.3 Å². The first-order chi connectivity index (χ1) is 10.7. The molecule has 1 fully saturated rings. The van der Waals surface area contributed by atoms with E-state index in [9.17, 15) is 18.3 Å². The van der Waals surface area contributed by atoms with Gasteiger partial charge in [0.1, 0.15) is 5.75 Å². The van der Waals surface area contributed by atoms with Crippen molar-refractivity contribution in [1.29, 1.82) is 0 Å². The van der Waals surface area contributed by atoms with Crippen LogP contribution in [0, 0.1) is 0 Å². The molecule has 2 rings (SSSR count). The van der Waals surface area contributed by atoms with Crippen molar-refractivity contribution in [2.45, 2.75) is 44.1 Å². The molecule has 0 saturated heterocycles. The molecule has 4 N–H and O–H groups in total. The second-order valence-electron chi connectivity index (χ2n) is 5.99. The molecule has 0 amide bonds. The minimum Gasteiger partial charge on any atom is -0.493 e. The van der Waals surface area contributed by atoms with Gasteiger partial charge in [-0.2, -0.15) is 13.2 Å². The van der Waals surface area contributed by atoms with Crippen LogP contribution in [0.15, 0.2) is 12.1 Å². The Bertz CT molecular complexity index is 556. The van der Waals surface area contributed by atoms with Gasteiger partial charge in [-0.1, -0.05) is 15.9 Å². The highest BCUT2D eigenvalue weighted by molar-refractivity contribution is 9.09. The summed E-state index contributed by atoms with van der Waals surface area (Å²) in [6.45, 7) is 1.89. The van der Waals surface area contributed by atoms with E-state index in [4.69, 9.17) is 10.5 Å². The molecule has 1 saturated carbocycles. The first-order valence-electron chi connectivity index (χ1n) is 7.28. The fourth-order valence-electron chi connectivity index (χ4n) is 2.78. The summed E-state index contributed by atoms with van der Waals surface area (Å²) in [5.41, 5.74) is 4.33. The molecule has 8 heteroatoms. The second kappa shape index (κ2) is 6.86. The molecule has 0 atom stereocenters. The first kappa shape index (κ1) is 18.4. The summed E-state index contributed by atoms with van der Waals surface area (Å²) in [4.78, 5) is 0. The summed E-state index contributed by atoms with van der Waals surface area (Å²) in [6, 6.07) is 2.31. The van der Waals surface area contributed by atoms with Crippen molar-refractivity contribution in [2.75, 3.05) is 17.3 Å². The van der Waals surface area contributed by atoms with Gasteiger partial charge >= 0.3 is 6.18 Å². The first-order valence-corrected chi connectivity index (χ1v) is 8.40. The maximum absolute atomic E-state index is 13.4. The van der Waals surface area contributed by atoms with Crippen molar-refractivity contribution in [3.8, 4) is 5.75 Å². The summed E-state index contributed by atoms with van der Waals surface area (Å²) < 4.78 is 45.5. The Balaban J connectivity index is 2.33. The zero-order valence-corrected chi connectivity index (χ0v) is 14.3. The molecular weight excluding hydrogens is 377 g/mol. The van der Waals surface area contributed by atoms with Crippen molar-refractivity contribution < 1.29 is 23.0 Å². The van der Waals surface area contributed by atoms with Gasteiger partial charge in [0.15, 0.2) is 0 Å². The predicted octanol–water partition coefficient (Wildman–Crippen LogP) is 3.26. The quantitative estimate of drug-likeness (QED) is 0.645. The molecule has 0 unspecified atom stereocenters. The lowest BCUT2D eigenvalue weighted by molar-refractivity contribution is -0.137. The van der Waals surface area contributed by atoms with Gasteiger partial charge in [0.25, 0.3) is 0 Å². The van der Waals surface area contributed by atoms with E-state index >= 15 is 0 Å². The van der Waals surface area contributed by atoms with Crippen LogP contribution in [0.2, 0.25) is 0 Å². The third-order valence-electron chi connectivity index (χ3n) is 3.79. The monoisotopic (exact) mass is 396 g/mol. The minimum absolute atomic E-state index is 0.0216. The van der Waals surface area contributed by atoms with Gasteiger partial charge in [0, 0.05) is 17.9 Å². The molecule has 0 heterocycles. The number of anilines is 1. The maximum Gasteiger partial charge on any atom is 0.418 e. The van der Waals surface area contributed by atoms with E-state index in [1.165, 1.54) is 6.07 Å².